The van der Waals surface area contributed by atoms with E-state index in [-0.39, 0.29) is 35.9 Å². The van der Waals surface area contributed by atoms with E-state index in [1.165, 1.54) is 0 Å². The number of hydrogen-bond acceptors (Lipinski definition) is 3. The number of esters is 1. The molecule has 0 bridgehead atoms. The maximum absolute atomic E-state index is 11.8. The smallest absolute Gasteiger partial charge is 0.309 e. The van der Waals surface area contributed by atoms with Gasteiger partial charge in [-0.2, -0.15) is 0 Å². The van der Waals surface area contributed by atoms with Crippen molar-refractivity contribution in [2.24, 2.45) is 16.8 Å². The molecular weight excluding hydrogens is 393 g/mol. The van der Waals surface area contributed by atoms with Crippen molar-refractivity contribution in [3.05, 3.63) is 0 Å². The largest absolute Gasteiger partial charge is 0.466 e. The number of rotatable bonds is 6. The van der Waals surface area contributed by atoms with Gasteiger partial charge in [0.05, 0.1) is 12.5 Å². The van der Waals surface area contributed by atoms with Crippen LogP contribution in [0.25, 0.3) is 0 Å². The normalized spacial score (nSPS) is 16.4. The predicted octanol–water partition coefficient (Wildman–Crippen LogP) is 2.89. The van der Waals surface area contributed by atoms with Gasteiger partial charge in [-0.25, -0.2) is 0 Å². The number of carbonyl (C=O) groups excluding carboxylic acids is 1. The van der Waals surface area contributed by atoms with Crippen LogP contribution in [0.3, 0.4) is 0 Å². The standard InChI is InChI=1S/C16H31N3O2.HI/c1-5-17-16(18-10-7-13(3)4)19-11-8-14(9-12-19)15(20)21-6-2;/h13-14H,5-12H2,1-4H3,(H,17,18);1H. The third-order valence-corrected chi connectivity index (χ3v) is 3.72. The van der Waals surface area contributed by atoms with Gasteiger partial charge in [0, 0.05) is 26.2 Å². The van der Waals surface area contributed by atoms with Gasteiger partial charge in [-0.3, -0.25) is 9.79 Å². The minimum absolute atomic E-state index is 0. The molecule has 0 amide bonds. The van der Waals surface area contributed by atoms with Gasteiger partial charge in [0.1, 0.15) is 0 Å². The van der Waals surface area contributed by atoms with Crippen LogP contribution in [0.2, 0.25) is 0 Å². The van der Waals surface area contributed by atoms with E-state index in [1.807, 2.05) is 6.92 Å². The molecule has 1 N–H and O–H groups in total. The van der Waals surface area contributed by atoms with Gasteiger partial charge in [-0.15, -0.1) is 24.0 Å². The summed E-state index contributed by atoms with van der Waals surface area (Å²) < 4.78 is 5.11. The number of carbonyl (C=O) groups is 1. The Labute approximate surface area is 152 Å². The number of nitrogens with zero attached hydrogens (tertiary/aromatic N) is 2. The number of halogens is 1. The molecule has 0 aromatic rings. The Morgan fingerprint density at radius 1 is 1.32 bits per heavy atom. The molecule has 130 valence electrons. The summed E-state index contributed by atoms with van der Waals surface area (Å²) in [4.78, 5) is 18.7. The van der Waals surface area contributed by atoms with Gasteiger partial charge < -0.3 is 15.0 Å². The molecule has 0 aromatic heterocycles. The number of likely N-dealkylation sites (tertiary alicyclic amines) is 1. The summed E-state index contributed by atoms with van der Waals surface area (Å²) in [7, 11) is 0. The lowest BCUT2D eigenvalue weighted by Crippen LogP contribution is -2.46. The lowest BCUT2D eigenvalue weighted by Gasteiger charge is -2.33. The lowest BCUT2D eigenvalue weighted by molar-refractivity contribution is -0.149. The first-order valence-corrected chi connectivity index (χ1v) is 8.28. The van der Waals surface area contributed by atoms with Gasteiger partial charge in [0.15, 0.2) is 5.96 Å². The average molecular weight is 425 g/mol. The highest BCUT2D eigenvalue weighted by atomic mass is 127. The summed E-state index contributed by atoms with van der Waals surface area (Å²) in [6.07, 6.45) is 2.81. The Morgan fingerprint density at radius 3 is 2.45 bits per heavy atom. The fourth-order valence-electron chi connectivity index (χ4n) is 2.44. The van der Waals surface area contributed by atoms with Crippen LogP contribution in [0.15, 0.2) is 4.99 Å². The summed E-state index contributed by atoms with van der Waals surface area (Å²) >= 11 is 0. The Morgan fingerprint density at radius 2 is 1.95 bits per heavy atom. The third-order valence-electron chi connectivity index (χ3n) is 3.72. The van der Waals surface area contributed by atoms with E-state index in [0.29, 0.717) is 12.5 Å². The monoisotopic (exact) mass is 425 g/mol. The molecule has 1 fully saturated rings. The van der Waals surface area contributed by atoms with Crippen LogP contribution >= 0.6 is 24.0 Å². The molecule has 22 heavy (non-hydrogen) atoms. The molecule has 5 nitrogen and oxygen atoms in total. The van der Waals surface area contributed by atoms with E-state index < -0.39 is 0 Å². The first kappa shape index (κ1) is 21.5. The molecule has 1 rings (SSSR count). The van der Waals surface area contributed by atoms with Crippen LogP contribution in [0, 0.1) is 11.8 Å². The van der Waals surface area contributed by atoms with Crippen molar-refractivity contribution >= 4 is 35.9 Å². The third kappa shape index (κ3) is 7.65. The van der Waals surface area contributed by atoms with E-state index >= 15 is 0 Å². The molecule has 0 spiro atoms. The molecule has 1 aliphatic heterocycles. The maximum atomic E-state index is 11.8. The predicted molar refractivity (Wildman–Crippen MR) is 102 cm³/mol. The molecular formula is C16H32IN3O2. The molecule has 1 saturated heterocycles. The van der Waals surface area contributed by atoms with Crippen molar-refractivity contribution in [2.75, 3.05) is 32.8 Å². The van der Waals surface area contributed by atoms with E-state index in [9.17, 15) is 4.79 Å². The van der Waals surface area contributed by atoms with E-state index in [0.717, 1.165) is 51.4 Å². The van der Waals surface area contributed by atoms with E-state index in [2.05, 4.69) is 31.0 Å². The molecule has 0 unspecified atom stereocenters. The Kier molecular flexibility index (Phi) is 11.7. The molecule has 0 atom stereocenters. The molecule has 0 saturated carbocycles. The summed E-state index contributed by atoms with van der Waals surface area (Å²) in [6, 6.07) is 0. The highest BCUT2D eigenvalue weighted by Gasteiger charge is 2.27. The van der Waals surface area contributed by atoms with Crippen molar-refractivity contribution in [1.29, 1.82) is 0 Å². The maximum Gasteiger partial charge on any atom is 0.309 e. The fraction of sp³-hybridized carbons (Fsp3) is 0.875. The quantitative estimate of drug-likeness (QED) is 0.308. The first-order chi connectivity index (χ1) is 10.1. The average Bonchev–Trinajstić information content (AvgIpc) is 2.46. The van der Waals surface area contributed by atoms with Gasteiger partial charge in [-0.1, -0.05) is 13.8 Å². The lowest BCUT2D eigenvalue weighted by atomic mass is 9.97. The topological polar surface area (TPSA) is 53.9 Å². The van der Waals surface area contributed by atoms with Crippen molar-refractivity contribution in [1.82, 2.24) is 10.2 Å². The van der Waals surface area contributed by atoms with Crippen molar-refractivity contribution in [3.8, 4) is 0 Å². The van der Waals surface area contributed by atoms with E-state index in [4.69, 9.17) is 9.73 Å². The molecule has 1 heterocycles. The second-order valence-corrected chi connectivity index (χ2v) is 5.93. The van der Waals surface area contributed by atoms with Gasteiger partial charge in [0.2, 0.25) is 0 Å². The van der Waals surface area contributed by atoms with Crippen LogP contribution in [0.5, 0.6) is 0 Å². The molecule has 0 aliphatic carbocycles. The molecule has 1 aliphatic rings. The van der Waals surface area contributed by atoms with Crippen LogP contribution in [0.1, 0.15) is 47.0 Å². The minimum Gasteiger partial charge on any atom is -0.466 e. The summed E-state index contributed by atoms with van der Waals surface area (Å²) in [5.74, 6) is 1.67. The van der Waals surface area contributed by atoms with Crippen molar-refractivity contribution < 1.29 is 9.53 Å². The highest BCUT2D eigenvalue weighted by Crippen LogP contribution is 2.18. The molecule has 0 aromatic carbocycles. The second-order valence-electron chi connectivity index (χ2n) is 5.93. The number of aliphatic imine (C=N–C) groups is 1. The zero-order chi connectivity index (χ0) is 15.7. The summed E-state index contributed by atoms with van der Waals surface area (Å²) in [5.41, 5.74) is 0. The number of hydrogen-bond donors (Lipinski definition) is 1. The fourth-order valence-corrected chi connectivity index (χ4v) is 2.44. The summed E-state index contributed by atoms with van der Waals surface area (Å²) in [6.45, 7) is 12.3. The van der Waals surface area contributed by atoms with Gasteiger partial charge >= 0.3 is 5.97 Å². The minimum atomic E-state index is -0.0427. The van der Waals surface area contributed by atoms with Gasteiger partial charge in [-0.05, 0) is 39.0 Å². The number of nitrogens with one attached hydrogen (secondary N) is 1. The van der Waals surface area contributed by atoms with Crippen LogP contribution < -0.4 is 5.32 Å². The van der Waals surface area contributed by atoms with Crippen molar-refractivity contribution in [3.63, 3.8) is 0 Å². The number of guanidine groups is 1. The summed E-state index contributed by atoms with van der Waals surface area (Å²) in [5, 5.41) is 3.36. The Bertz CT molecular complexity index is 340. The van der Waals surface area contributed by atoms with Gasteiger partial charge in [0.25, 0.3) is 0 Å². The highest BCUT2D eigenvalue weighted by molar-refractivity contribution is 14.0. The Balaban J connectivity index is 0.00000441. The van der Waals surface area contributed by atoms with Crippen LogP contribution in [-0.2, 0) is 9.53 Å². The first-order valence-electron chi connectivity index (χ1n) is 8.28. The van der Waals surface area contributed by atoms with Crippen LogP contribution in [0.4, 0.5) is 0 Å². The van der Waals surface area contributed by atoms with Crippen molar-refractivity contribution in [2.45, 2.75) is 47.0 Å². The Hall–Kier alpha value is -0.530. The molecule has 6 heteroatoms. The zero-order valence-corrected chi connectivity index (χ0v) is 16.8. The van der Waals surface area contributed by atoms with E-state index in [1.54, 1.807) is 0 Å². The SMILES string of the molecule is CCNC(=NCCC(C)C)N1CCC(C(=O)OCC)CC1.I. The second kappa shape index (κ2) is 12.0. The number of ether oxygens (including phenoxy) is 1. The number of piperidine rings is 1. The van der Waals surface area contributed by atoms with Crippen LogP contribution in [-0.4, -0.2) is 49.6 Å². The molecule has 0 radical (unpaired) electrons. The zero-order valence-electron chi connectivity index (χ0n) is 14.4.